The fourth-order valence-corrected chi connectivity index (χ4v) is 2.38. The normalized spacial score (nSPS) is 19.7. The van der Waals surface area contributed by atoms with Crippen LogP contribution in [-0.2, 0) is 4.79 Å². The summed E-state index contributed by atoms with van der Waals surface area (Å²) >= 11 is 0. The number of carboxylic acids is 1. The molecule has 5 nitrogen and oxygen atoms in total. The van der Waals surface area contributed by atoms with Crippen LogP contribution in [0.3, 0.4) is 0 Å². The van der Waals surface area contributed by atoms with Crippen LogP contribution in [0.2, 0.25) is 0 Å². The van der Waals surface area contributed by atoms with Gasteiger partial charge in [0.15, 0.2) is 0 Å². The molecule has 1 atom stereocenters. The summed E-state index contributed by atoms with van der Waals surface area (Å²) in [5, 5.41) is 8.92. The van der Waals surface area contributed by atoms with Crippen molar-refractivity contribution in [3.63, 3.8) is 0 Å². The SMILES string of the molecule is CCN(CC(C)C(=O)O)C(=O)N1CCCC1(C)C. The molecule has 1 fully saturated rings. The van der Waals surface area contributed by atoms with Gasteiger partial charge in [0.2, 0.25) is 0 Å². The molecule has 1 N–H and O–H groups in total. The maximum atomic E-state index is 12.4. The van der Waals surface area contributed by atoms with E-state index < -0.39 is 11.9 Å². The maximum Gasteiger partial charge on any atom is 0.320 e. The second-order valence-electron chi connectivity index (χ2n) is 5.63. The second-order valence-corrected chi connectivity index (χ2v) is 5.63. The molecule has 5 heteroatoms. The van der Waals surface area contributed by atoms with Crippen molar-refractivity contribution in [2.75, 3.05) is 19.6 Å². The fourth-order valence-electron chi connectivity index (χ4n) is 2.38. The molecule has 0 spiro atoms. The Balaban J connectivity index is 2.71. The molecular formula is C13H24N2O3. The first-order valence-corrected chi connectivity index (χ1v) is 6.59. The lowest BCUT2D eigenvalue weighted by Gasteiger charge is -2.36. The first-order chi connectivity index (χ1) is 8.29. The minimum Gasteiger partial charge on any atom is -0.481 e. The first-order valence-electron chi connectivity index (χ1n) is 6.59. The number of carbonyl (C=O) groups is 2. The Labute approximate surface area is 109 Å². The lowest BCUT2D eigenvalue weighted by molar-refractivity contribution is -0.141. The van der Waals surface area contributed by atoms with E-state index in [0.29, 0.717) is 6.54 Å². The lowest BCUT2D eigenvalue weighted by Crippen LogP contribution is -2.51. The highest BCUT2D eigenvalue weighted by Gasteiger charge is 2.37. The van der Waals surface area contributed by atoms with Gasteiger partial charge in [0.1, 0.15) is 0 Å². The molecule has 0 aromatic carbocycles. The van der Waals surface area contributed by atoms with Crippen molar-refractivity contribution >= 4 is 12.0 Å². The van der Waals surface area contributed by atoms with Crippen LogP contribution in [0.15, 0.2) is 0 Å². The molecule has 0 aromatic rings. The van der Waals surface area contributed by atoms with Crippen LogP contribution in [0.1, 0.15) is 40.5 Å². The molecule has 0 radical (unpaired) electrons. The smallest absolute Gasteiger partial charge is 0.320 e. The van der Waals surface area contributed by atoms with Gasteiger partial charge in [0.05, 0.1) is 5.92 Å². The van der Waals surface area contributed by atoms with Crippen LogP contribution < -0.4 is 0 Å². The van der Waals surface area contributed by atoms with Gasteiger partial charge in [-0.15, -0.1) is 0 Å². The molecule has 1 saturated heterocycles. The van der Waals surface area contributed by atoms with Gasteiger partial charge < -0.3 is 14.9 Å². The second kappa shape index (κ2) is 5.59. The Morgan fingerprint density at radius 1 is 1.44 bits per heavy atom. The predicted octanol–water partition coefficient (Wildman–Crippen LogP) is 2.02. The van der Waals surface area contributed by atoms with Crippen LogP contribution in [0.5, 0.6) is 0 Å². The van der Waals surface area contributed by atoms with Gasteiger partial charge in [-0.2, -0.15) is 0 Å². The monoisotopic (exact) mass is 256 g/mol. The zero-order chi connectivity index (χ0) is 13.9. The van der Waals surface area contributed by atoms with Crippen LogP contribution in [0.25, 0.3) is 0 Å². The Bertz CT molecular complexity index is 328. The van der Waals surface area contributed by atoms with Gasteiger partial charge in [-0.1, -0.05) is 6.92 Å². The third-order valence-electron chi connectivity index (χ3n) is 3.70. The van der Waals surface area contributed by atoms with Crippen molar-refractivity contribution in [1.29, 1.82) is 0 Å². The first kappa shape index (κ1) is 14.8. The number of rotatable bonds is 4. The molecule has 1 aliphatic rings. The summed E-state index contributed by atoms with van der Waals surface area (Å²) in [6.45, 7) is 9.23. The summed E-state index contributed by atoms with van der Waals surface area (Å²) < 4.78 is 0. The van der Waals surface area contributed by atoms with E-state index in [1.165, 1.54) is 0 Å². The summed E-state index contributed by atoms with van der Waals surface area (Å²) in [5.41, 5.74) is -0.114. The van der Waals surface area contributed by atoms with Gasteiger partial charge in [-0.3, -0.25) is 4.79 Å². The molecule has 0 bridgehead atoms. The molecule has 0 aliphatic carbocycles. The molecule has 1 rings (SSSR count). The number of likely N-dealkylation sites (tertiary alicyclic amines) is 1. The summed E-state index contributed by atoms with van der Waals surface area (Å²) in [6, 6.07) is -0.0342. The molecule has 1 unspecified atom stereocenters. The lowest BCUT2D eigenvalue weighted by atomic mass is 10.0. The Kier molecular flexibility index (Phi) is 4.59. The molecule has 0 aromatic heterocycles. The van der Waals surface area contributed by atoms with Gasteiger partial charge in [-0.25, -0.2) is 4.79 Å². The van der Waals surface area contributed by atoms with Crippen LogP contribution in [-0.4, -0.2) is 52.1 Å². The van der Waals surface area contributed by atoms with Crippen molar-refractivity contribution in [3.05, 3.63) is 0 Å². The molecule has 1 aliphatic heterocycles. The van der Waals surface area contributed by atoms with Crippen molar-refractivity contribution in [1.82, 2.24) is 9.80 Å². The zero-order valence-electron chi connectivity index (χ0n) is 11.8. The largest absolute Gasteiger partial charge is 0.481 e. The Morgan fingerprint density at radius 2 is 2.06 bits per heavy atom. The van der Waals surface area contributed by atoms with Gasteiger partial charge in [0, 0.05) is 25.2 Å². The summed E-state index contributed by atoms with van der Waals surface area (Å²) in [7, 11) is 0. The number of carboxylic acid groups (broad SMARTS) is 1. The fraction of sp³-hybridized carbons (Fsp3) is 0.846. The number of hydrogen-bond acceptors (Lipinski definition) is 2. The number of amides is 2. The molecule has 1 heterocycles. The van der Waals surface area contributed by atoms with E-state index in [1.54, 1.807) is 11.8 Å². The van der Waals surface area contributed by atoms with E-state index in [9.17, 15) is 9.59 Å². The highest BCUT2D eigenvalue weighted by molar-refractivity contribution is 5.77. The molecule has 18 heavy (non-hydrogen) atoms. The number of hydrogen-bond donors (Lipinski definition) is 1. The predicted molar refractivity (Wildman–Crippen MR) is 69.5 cm³/mol. The van der Waals surface area contributed by atoms with Crippen molar-refractivity contribution in [3.8, 4) is 0 Å². The average Bonchev–Trinajstić information content (AvgIpc) is 2.64. The molecule has 0 saturated carbocycles. The minimum absolute atomic E-state index is 0.0342. The number of nitrogens with zero attached hydrogens (tertiary/aromatic N) is 2. The molecule has 2 amide bonds. The van der Waals surface area contributed by atoms with Crippen molar-refractivity contribution in [2.24, 2.45) is 5.92 Å². The molecular weight excluding hydrogens is 232 g/mol. The van der Waals surface area contributed by atoms with E-state index in [1.807, 2.05) is 11.8 Å². The number of aliphatic carboxylic acids is 1. The minimum atomic E-state index is -0.859. The van der Waals surface area contributed by atoms with Gasteiger partial charge in [-0.05, 0) is 33.6 Å². The summed E-state index contributed by atoms with van der Waals surface area (Å²) in [5.74, 6) is -1.39. The highest BCUT2D eigenvalue weighted by atomic mass is 16.4. The zero-order valence-corrected chi connectivity index (χ0v) is 11.8. The quantitative estimate of drug-likeness (QED) is 0.837. The maximum absolute atomic E-state index is 12.4. The number of urea groups is 1. The van der Waals surface area contributed by atoms with E-state index in [2.05, 4.69) is 13.8 Å². The topological polar surface area (TPSA) is 60.9 Å². The van der Waals surface area contributed by atoms with E-state index in [4.69, 9.17) is 5.11 Å². The third kappa shape index (κ3) is 3.15. The van der Waals surface area contributed by atoms with Crippen LogP contribution in [0, 0.1) is 5.92 Å². The summed E-state index contributed by atoms with van der Waals surface area (Å²) in [4.78, 5) is 26.8. The van der Waals surface area contributed by atoms with Crippen molar-refractivity contribution < 1.29 is 14.7 Å². The van der Waals surface area contributed by atoms with E-state index in [0.717, 1.165) is 19.4 Å². The van der Waals surface area contributed by atoms with Gasteiger partial charge >= 0.3 is 12.0 Å². The van der Waals surface area contributed by atoms with Crippen molar-refractivity contribution in [2.45, 2.75) is 46.1 Å². The Hall–Kier alpha value is -1.26. The molecule has 104 valence electrons. The number of carbonyl (C=O) groups excluding carboxylic acids is 1. The average molecular weight is 256 g/mol. The van der Waals surface area contributed by atoms with Gasteiger partial charge in [0.25, 0.3) is 0 Å². The highest BCUT2D eigenvalue weighted by Crippen LogP contribution is 2.29. The van der Waals surface area contributed by atoms with E-state index >= 15 is 0 Å². The standard InChI is InChI=1S/C13H24N2O3/c1-5-14(9-10(2)11(16)17)12(18)15-8-6-7-13(15,3)4/h10H,5-9H2,1-4H3,(H,16,17). The van der Waals surface area contributed by atoms with Crippen LogP contribution >= 0.6 is 0 Å². The van der Waals surface area contributed by atoms with E-state index in [-0.39, 0.29) is 18.1 Å². The summed E-state index contributed by atoms with van der Waals surface area (Å²) in [6.07, 6.45) is 2.02. The third-order valence-corrected chi connectivity index (χ3v) is 3.70. The van der Waals surface area contributed by atoms with Crippen LogP contribution in [0.4, 0.5) is 4.79 Å². The Morgan fingerprint density at radius 3 is 2.44 bits per heavy atom.